The van der Waals surface area contributed by atoms with E-state index >= 15 is 0 Å². The van der Waals surface area contributed by atoms with E-state index < -0.39 is 5.60 Å². The maximum atomic E-state index is 10.5. The highest BCUT2D eigenvalue weighted by molar-refractivity contribution is 5.27. The van der Waals surface area contributed by atoms with Crippen molar-refractivity contribution in [3.63, 3.8) is 0 Å². The Hall–Kier alpha value is -0.860. The standard InChI is InChI=1S/C14H21NO/c1-11-6-3-4-7-12(11)10-14(2,16)13-8-5-9-15-13/h3-4,6-7,13,15-16H,5,8-10H2,1-2H3. The van der Waals surface area contributed by atoms with Crippen molar-refractivity contribution in [3.8, 4) is 0 Å². The number of hydrogen-bond acceptors (Lipinski definition) is 2. The smallest absolute Gasteiger partial charge is 0.0812 e. The fraction of sp³-hybridized carbons (Fsp3) is 0.571. The van der Waals surface area contributed by atoms with Crippen LogP contribution in [0.3, 0.4) is 0 Å². The van der Waals surface area contributed by atoms with Crippen molar-refractivity contribution in [2.75, 3.05) is 6.54 Å². The number of aliphatic hydroxyl groups is 1. The Morgan fingerprint density at radius 1 is 1.44 bits per heavy atom. The highest BCUT2D eigenvalue weighted by atomic mass is 16.3. The second-order valence-corrected chi connectivity index (χ2v) is 5.11. The van der Waals surface area contributed by atoms with E-state index in [4.69, 9.17) is 0 Å². The van der Waals surface area contributed by atoms with Crippen molar-refractivity contribution in [1.82, 2.24) is 5.32 Å². The van der Waals surface area contributed by atoms with E-state index in [0.717, 1.165) is 19.4 Å². The molecule has 1 saturated heterocycles. The molecule has 1 aromatic carbocycles. The third-order valence-corrected chi connectivity index (χ3v) is 3.62. The van der Waals surface area contributed by atoms with Gasteiger partial charge in [-0.15, -0.1) is 0 Å². The summed E-state index contributed by atoms with van der Waals surface area (Å²) in [4.78, 5) is 0. The summed E-state index contributed by atoms with van der Waals surface area (Å²) in [6.45, 7) is 5.09. The van der Waals surface area contributed by atoms with Gasteiger partial charge in [-0.05, 0) is 44.4 Å². The first-order valence-corrected chi connectivity index (χ1v) is 6.10. The quantitative estimate of drug-likeness (QED) is 0.815. The summed E-state index contributed by atoms with van der Waals surface area (Å²) >= 11 is 0. The number of benzene rings is 1. The lowest BCUT2D eigenvalue weighted by molar-refractivity contribution is 0.0261. The Bertz CT molecular complexity index is 354. The lowest BCUT2D eigenvalue weighted by Gasteiger charge is -2.31. The zero-order valence-electron chi connectivity index (χ0n) is 10.2. The van der Waals surface area contributed by atoms with Crippen LogP contribution in [0.25, 0.3) is 0 Å². The van der Waals surface area contributed by atoms with E-state index in [9.17, 15) is 5.11 Å². The predicted octanol–water partition coefficient (Wildman–Crippen LogP) is 2.04. The SMILES string of the molecule is Cc1ccccc1CC(C)(O)C1CCCN1. The van der Waals surface area contributed by atoms with E-state index in [2.05, 4.69) is 24.4 Å². The normalized spacial score (nSPS) is 24.3. The zero-order valence-corrected chi connectivity index (χ0v) is 10.2. The molecule has 1 heterocycles. The Morgan fingerprint density at radius 2 is 2.19 bits per heavy atom. The minimum absolute atomic E-state index is 0.243. The van der Waals surface area contributed by atoms with Gasteiger partial charge in [0.25, 0.3) is 0 Å². The van der Waals surface area contributed by atoms with Gasteiger partial charge < -0.3 is 10.4 Å². The van der Waals surface area contributed by atoms with Crippen molar-refractivity contribution < 1.29 is 5.11 Å². The molecule has 2 nitrogen and oxygen atoms in total. The first kappa shape index (κ1) is 11.6. The molecule has 0 saturated carbocycles. The van der Waals surface area contributed by atoms with E-state index in [0.29, 0.717) is 0 Å². The van der Waals surface area contributed by atoms with Crippen molar-refractivity contribution in [2.45, 2.75) is 44.8 Å². The average Bonchev–Trinajstić information content (AvgIpc) is 2.75. The third kappa shape index (κ3) is 2.45. The minimum Gasteiger partial charge on any atom is -0.388 e. The Labute approximate surface area is 97.7 Å². The number of rotatable bonds is 3. The summed E-state index contributed by atoms with van der Waals surface area (Å²) in [7, 11) is 0. The summed E-state index contributed by atoms with van der Waals surface area (Å²) in [6, 6.07) is 8.54. The van der Waals surface area contributed by atoms with Crippen molar-refractivity contribution in [1.29, 1.82) is 0 Å². The molecule has 0 amide bonds. The van der Waals surface area contributed by atoms with Gasteiger partial charge >= 0.3 is 0 Å². The second kappa shape index (κ2) is 4.56. The minimum atomic E-state index is -0.636. The molecule has 2 atom stereocenters. The lowest BCUT2D eigenvalue weighted by atomic mass is 9.87. The molecule has 1 aromatic rings. The summed E-state index contributed by atoms with van der Waals surface area (Å²) in [5, 5.41) is 13.9. The summed E-state index contributed by atoms with van der Waals surface area (Å²) in [6.07, 6.45) is 2.99. The molecule has 16 heavy (non-hydrogen) atoms. The highest BCUT2D eigenvalue weighted by Crippen LogP contribution is 2.24. The zero-order chi connectivity index (χ0) is 11.6. The number of aryl methyl sites for hydroxylation is 1. The van der Waals surface area contributed by atoms with Crippen LogP contribution in [0, 0.1) is 6.92 Å². The number of hydrogen-bond donors (Lipinski definition) is 2. The fourth-order valence-electron chi connectivity index (χ4n) is 2.53. The van der Waals surface area contributed by atoms with Gasteiger partial charge in [-0.2, -0.15) is 0 Å². The van der Waals surface area contributed by atoms with E-state index in [1.54, 1.807) is 0 Å². The van der Waals surface area contributed by atoms with Gasteiger partial charge in [0, 0.05) is 12.5 Å². The Morgan fingerprint density at radius 3 is 2.81 bits per heavy atom. The van der Waals surface area contributed by atoms with E-state index in [1.165, 1.54) is 17.5 Å². The van der Waals surface area contributed by atoms with Crippen LogP contribution in [0.4, 0.5) is 0 Å². The molecule has 2 rings (SSSR count). The molecule has 2 N–H and O–H groups in total. The molecular weight excluding hydrogens is 198 g/mol. The molecule has 0 radical (unpaired) electrons. The molecule has 0 aromatic heterocycles. The predicted molar refractivity (Wildman–Crippen MR) is 66.5 cm³/mol. The molecule has 0 spiro atoms. The van der Waals surface area contributed by atoms with Gasteiger partial charge in [0.1, 0.15) is 0 Å². The fourth-order valence-corrected chi connectivity index (χ4v) is 2.53. The van der Waals surface area contributed by atoms with Crippen molar-refractivity contribution in [3.05, 3.63) is 35.4 Å². The molecule has 2 unspecified atom stereocenters. The molecule has 2 heteroatoms. The molecule has 1 fully saturated rings. The van der Waals surface area contributed by atoms with E-state index in [-0.39, 0.29) is 6.04 Å². The van der Waals surface area contributed by atoms with Crippen LogP contribution in [-0.2, 0) is 6.42 Å². The van der Waals surface area contributed by atoms with Crippen LogP contribution in [0.1, 0.15) is 30.9 Å². The second-order valence-electron chi connectivity index (χ2n) is 5.11. The van der Waals surface area contributed by atoms with Gasteiger partial charge in [-0.25, -0.2) is 0 Å². The largest absolute Gasteiger partial charge is 0.388 e. The van der Waals surface area contributed by atoms with Gasteiger partial charge in [-0.3, -0.25) is 0 Å². The topological polar surface area (TPSA) is 32.3 Å². The highest BCUT2D eigenvalue weighted by Gasteiger charge is 2.33. The van der Waals surface area contributed by atoms with Gasteiger partial charge in [0.2, 0.25) is 0 Å². The lowest BCUT2D eigenvalue weighted by Crippen LogP contribution is -2.47. The number of nitrogens with one attached hydrogen (secondary N) is 1. The van der Waals surface area contributed by atoms with Crippen molar-refractivity contribution in [2.24, 2.45) is 0 Å². The molecule has 88 valence electrons. The molecule has 0 bridgehead atoms. The monoisotopic (exact) mass is 219 g/mol. The van der Waals surface area contributed by atoms with Crippen LogP contribution in [0.15, 0.2) is 24.3 Å². The van der Waals surface area contributed by atoms with Gasteiger partial charge in [-0.1, -0.05) is 24.3 Å². The van der Waals surface area contributed by atoms with Crippen LogP contribution in [-0.4, -0.2) is 23.3 Å². The Balaban J connectivity index is 2.10. The van der Waals surface area contributed by atoms with Gasteiger partial charge in [0.15, 0.2) is 0 Å². The summed E-state index contributed by atoms with van der Waals surface area (Å²) in [5.41, 5.74) is 1.88. The van der Waals surface area contributed by atoms with Crippen LogP contribution < -0.4 is 5.32 Å². The third-order valence-electron chi connectivity index (χ3n) is 3.62. The molecular formula is C14H21NO. The summed E-state index contributed by atoms with van der Waals surface area (Å²) in [5.74, 6) is 0. The first-order valence-electron chi connectivity index (χ1n) is 6.10. The van der Waals surface area contributed by atoms with Gasteiger partial charge in [0.05, 0.1) is 5.60 Å². The average molecular weight is 219 g/mol. The molecule has 1 aliphatic rings. The maximum absolute atomic E-state index is 10.5. The maximum Gasteiger partial charge on any atom is 0.0812 e. The molecule has 0 aliphatic carbocycles. The van der Waals surface area contributed by atoms with Crippen LogP contribution >= 0.6 is 0 Å². The molecule has 1 aliphatic heterocycles. The first-order chi connectivity index (χ1) is 7.59. The van der Waals surface area contributed by atoms with Crippen molar-refractivity contribution >= 4 is 0 Å². The van der Waals surface area contributed by atoms with Crippen LogP contribution in [0.2, 0.25) is 0 Å². The Kier molecular flexibility index (Phi) is 3.31. The van der Waals surface area contributed by atoms with Crippen LogP contribution in [0.5, 0.6) is 0 Å². The van der Waals surface area contributed by atoms with E-state index in [1.807, 2.05) is 19.1 Å². The summed E-state index contributed by atoms with van der Waals surface area (Å²) < 4.78 is 0.